The van der Waals surface area contributed by atoms with Gasteiger partial charge in [-0.3, -0.25) is 9.78 Å². The van der Waals surface area contributed by atoms with E-state index in [0.717, 1.165) is 37.2 Å². The lowest BCUT2D eigenvalue weighted by molar-refractivity contribution is 0.0741. The molecule has 0 N–H and O–H groups in total. The van der Waals surface area contributed by atoms with E-state index in [9.17, 15) is 4.79 Å². The standard InChI is InChI=1S/C16H16N2O/c19-16-15-7-2-1-5-13(15)8-11-18(16)12-9-14-6-3-4-10-17-14/h1-7,10H,8-9,11-12H2. The number of aromatic nitrogens is 1. The summed E-state index contributed by atoms with van der Waals surface area (Å²) in [4.78, 5) is 18.6. The fourth-order valence-electron chi connectivity index (χ4n) is 2.48. The second kappa shape index (κ2) is 5.22. The Labute approximate surface area is 112 Å². The Morgan fingerprint density at radius 1 is 1.11 bits per heavy atom. The third-order valence-corrected chi connectivity index (χ3v) is 3.55. The first-order chi connectivity index (χ1) is 9.34. The monoisotopic (exact) mass is 252 g/mol. The lowest BCUT2D eigenvalue weighted by Crippen LogP contribution is -2.38. The van der Waals surface area contributed by atoms with Gasteiger partial charge in [0.25, 0.3) is 5.91 Å². The van der Waals surface area contributed by atoms with Crippen LogP contribution in [0.3, 0.4) is 0 Å². The minimum Gasteiger partial charge on any atom is -0.338 e. The number of rotatable bonds is 3. The van der Waals surface area contributed by atoms with Gasteiger partial charge in [-0.25, -0.2) is 0 Å². The van der Waals surface area contributed by atoms with Gasteiger partial charge in [0.1, 0.15) is 0 Å². The number of benzene rings is 1. The van der Waals surface area contributed by atoms with Gasteiger partial charge < -0.3 is 4.90 Å². The maximum Gasteiger partial charge on any atom is 0.254 e. The summed E-state index contributed by atoms with van der Waals surface area (Å²) >= 11 is 0. The summed E-state index contributed by atoms with van der Waals surface area (Å²) in [6.45, 7) is 1.55. The third-order valence-electron chi connectivity index (χ3n) is 3.55. The fraction of sp³-hybridized carbons (Fsp3) is 0.250. The molecule has 3 heteroatoms. The summed E-state index contributed by atoms with van der Waals surface area (Å²) in [5.74, 6) is 0.151. The topological polar surface area (TPSA) is 33.2 Å². The van der Waals surface area contributed by atoms with Crippen LogP contribution in [0.1, 0.15) is 21.6 Å². The maximum atomic E-state index is 12.3. The van der Waals surface area contributed by atoms with Gasteiger partial charge in [-0.2, -0.15) is 0 Å². The van der Waals surface area contributed by atoms with E-state index in [1.807, 2.05) is 47.4 Å². The van der Waals surface area contributed by atoms with E-state index in [-0.39, 0.29) is 5.91 Å². The van der Waals surface area contributed by atoms with E-state index in [4.69, 9.17) is 0 Å². The van der Waals surface area contributed by atoms with Crippen molar-refractivity contribution in [2.75, 3.05) is 13.1 Å². The van der Waals surface area contributed by atoms with E-state index >= 15 is 0 Å². The van der Waals surface area contributed by atoms with E-state index in [2.05, 4.69) is 4.98 Å². The number of fused-ring (bicyclic) bond motifs is 1. The molecule has 1 aliphatic heterocycles. The molecule has 0 radical (unpaired) electrons. The first kappa shape index (κ1) is 11.9. The number of nitrogens with zero attached hydrogens (tertiary/aromatic N) is 2. The average Bonchev–Trinajstić information content (AvgIpc) is 2.48. The molecule has 1 amide bonds. The third kappa shape index (κ3) is 2.50. The smallest absolute Gasteiger partial charge is 0.254 e. The normalized spacial score (nSPS) is 14.3. The minimum absolute atomic E-state index is 0.151. The Bertz CT molecular complexity index is 580. The molecule has 0 atom stereocenters. The predicted molar refractivity (Wildman–Crippen MR) is 74.0 cm³/mol. The van der Waals surface area contributed by atoms with Crippen molar-refractivity contribution in [3.8, 4) is 0 Å². The van der Waals surface area contributed by atoms with Crippen molar-refractivity contribution in [3.63, 3.8) is 0 Å². The van der Waals surface area contributed by atoms with Crippen LogP contribution in [0.5, 0.6) is 0 Å². The molecule has 0 spiro atoms. The zero-order chi connectivity index (χ0) is 13.1. The fourth-order valence-corrected chi connectivity index (χ4v) is 2.48. The second-order valence-corrected chi connectivity index (χ2v) is 4.77. The lowest BCUT2D eigenvalue weighted by Gasteiger charge is -2.28. The summed E-state index contributed by atoms with van der Waals surface area (Å²) in [5, 5.41) is 0. The van der Waals surface area contributed by atoms with Crippen LogP contribution in [0.2, 0.25) is 0 Å². The highest BCUT2D eigenvalue weighted by atomic mass is 16.2. The number of hydrogen-bond acceptors (Lipinski definition) is 2. The Morgan fingerprint density at radius 2 is 1.95 bits per heavy atom. The molecule has 0 bridgehead atoms. The molecule has 2 heterocycles. The molecule has 3 rings (SSSR count). The van der Waals surface area contributed by atoms with Crippen molar-refractivity contribution in [2.45, 2.75) is 12.8 Å². The highest BCUT2D eigenvalue weighted by molar-refractivity contribution is 5.96. The largest absolute Gasteiger partial charge is 0.338 e. The first-order valence-corrected chi connectivity index (χ1v) is 6.62. The summed E-state index contributed by atoms with van der Waals surface area (Å²) in [6, 6.07) is 13.8. The number of hydrogen-bond donors (Lipinski definition) is 0. The van der Waals surface area contributed by atoms with E-state index < -0.39 is 0 Å². The van der Waals surface area contributed by atoms with Crippen molar-refractivity contribution in [2.24, 2.45) is 0 Å². The zero-order valence-corrected chi connectivity index (χ0v) is 10.7. The van der Waals surface area contributed by atoms with Crippen LogP contribution in [0.15, 0.2) is 48.7 Å². The molecule has 3 nitrogen and oxygen atoms in total. The summed E-state index contributed by atoms with van der Waals surface area (Å²) in [5.41, 5.74) is 3.06. The zero-order valence-electron chi connectivity index (χ0n) is 10.7. The van der Waals surface area contributed by atoms with Gasteiger partial charge in [-0.1, -0.05) is 24.3 Å². The van der Waals surface area contributed by atoms with E-state index in [1.54, 1.807) is 6.20 Å². The van der Waals surface area contributed by atoms with Gasteiger partial charge in [0, 0.05) is 37.0 Å². The SMILES string of the molecule is O=C1c2ccccc2CCN1CCc1ccccn1. The molecule has 1 aliphatic rings. The molecule has 0 unspecified atom stereocenters. The summed E-state index contributed by atoms with van der Waals surface area (Å²) in [6.07, 6.45) is 3.56. The van der Waals surface area contributed by atoms with Gasteiger partial charge in [-0.15, -0.1) is 0 Å². The van der Waals surface area contributed by atoms with Gasteiger partial charge in [0.05, 0.1) is 0 Å². The Morgan fingerprint density at radius 3 is 2.79 bits per heavy atom. The molecule has 0 aliphatic carbocycles. The van der Waals surface area contributed by atoms with Crippen LogP contribution in [-0.4, -0.2) is 28.9 Å². The molecule has 0 fully saturated rings. The van der Waals surface area contributed by atoms with E-state index in [1.165, 1.54) is 5.56 Å². The van der Waals surface area contributed by atoms with Crippen LogP contribution in [0, 0.1) is 0 Å². The average molecular weight is 252 g/mol. The molecule has 0 saturated carbocycles. The van der Waals surface area contributed by atoms with Gasteiger partial charge in [0.15, 0.2) is 0 Å². The van der Waals surface area contributed by atoms with E-state index in [0.29, 0.717) is 0 Å². The molecule has 1 aromatic carbocycles. The van der Waals surface area contributed by atoms with Crippen molar-refractivity contribution in [3.05, 3.63) is 65.5 Å². The van der Waals surface area contributed by atoms with Crippen LogP contribution in [0.4, 0.5) is 0 Å². The first-order valence-electron chi connectivity index (χ1n) is 6.62. The molecule has 19 heavy (non-hydrogen) atoms. The quantitative estimate of drug-likeness (QED) is 0.840. The number of amides is 1. The van der Waals surface area contributed by atoms with Crippen molar-refractivity contribution < 1.29 is 4.79 Å². The number of pyridine rings is 1. The predicted octanol–water partition coefficient (Wildman–Crippen LogP) is 2.32. The van der Waals surface area contributed by atoms with Gasteiger partial charge in [0.2, 0.25) is 0 Å². The molecule has 0 saturated heterocycles. The summed E-state index contributed by atoms with van der Waals surface area (Å²) in [7, 11) is 0. The molecule has 1 aromatic heterocycles. The highest BCUT2D eigenvalue weighted by Crippen LogP contribution is 2.18. The van der Waals surface area contributed by atoms with Crippen LogP contribution < -0.4 is 0 Å². The van der Waals surface area contributed by atoms with Gasteiger partial charge >= 0.3 is 0 Å². The lowest BCUT2D eigenvalue weighted by atomic mass is 9.99. The van der Waals surface area contributed by atoms with Crippen LogP contribution in [0.25, 0.3) is 0 Å². The van der Waals surface area contributed by atoms with Crippen molar-refractivity contribution in [1.29, 1.82) is 0 Å². The molecular weight excluding hydrogens is 236 g/mol. The Kier molecular flexibility index (Phi) is 3.27. The Balaban J connectivity index is 1.69. The molecule has 2 aromatic rings. The second-order valence-electron chi connectivity index (χ2n) is 4.77. The van der Waals surface area contributed by atoms with Gasteiger partial charge in [-0.05, 0) is 30.2 Å². The van der Waals surface area contributed by atoms with Crippen molar-refractivity contribution >= 4 is 5.91 Å². The molecular formula is C16H16N2O. The Hall–Kier alpha value is -2.16. The highest BCUT2D eigenvalue weighted by Gasteiger charge is 2.23. The maximum absolute atomic E-state index is 12.3. The number of carbonyl (C=O) groups is 1. The van der Waals surface area contributed by atoms with Crippen LogP contribution >= 0.6 is 0 Å². The van der Waals surface area contributed by atoms with Crippen LogP contribution in [-0.2, 0) is 12.8 Å². The van der Waals surface area contributed by atoms with Crippen molar-refractivity contribution in [1.82, 2.24) is 9.88 Å². The number of carbonyl (C=O) groups excluding carboxylic acids is 1. The molecule has 96 valence electrons. The summed E-state index contributed by atoms with van der Waals surface area (Å²) < 4.78 is 0. The minimum atomic E-state index is 0.151.